The van der Waals surface area contributed by atoms with E-state index in [1.807, 2.05) is 63.2 Å². The van der Waals surface area contributed by atoms with E-state index in [-0.39, 0.29) is 5.91 Å². The molecule has 3 nitrogen and oxygen atoms in total. The average Bonchev–Trinajstić information content (AvgIpc) is 2.54. The van der Waals surface area contributed by atoms with Crippen LogP contribution in [0.2, 0.25) is 0 Å². The summed E-state index contributed by atoms with van der Waals surface area (Å²) in [4.78, 5) is 12.0. The summed E-state index contributed by atoms with van der Waals surface area (Å²) in [6.45, 7) is 6.63. The molecule has 0 saturated heterocycles. The minimum absolute atomic E-state index is 0.109. The molecule has 0 bridgehead atoms. The van der Waals surface area contributed by atoms with E-state index in [1.165, 1.54) is 5.56 Å². The second kappa shape index (κ2) is 8.05. The number of ether oxygens (including phenoxy) is 1. The Morgan fingerprint density at radius 3 is 2.52 bits per heavy atom. The van der Waals surface area contributed by atoms with E-state index in [1.54, 1.807) is 0 Å². The summed E-state index contributed by atoms with van der Waals surface area (Å²) >= 11 is 0. The van der Waals surface area contributed by atoms with Crippen LogP contribution in [0.15, 0.2) is 42.5 Å². The van der Waals surface area contributed by atoms with Crippen molar-refractivity contribution < 1.29 is 9.53 Å². The Labute approximate surface area is 137 Å². The molecular formula is C20H21NO2. The summed E-state index contributed by atoms with van der Waals surface area (Å²) in [5, 5.41) is 2.79. The molecule has 0 unspecified atom stereocenters. The Balaban J connectivity index is 1.78. The van der Waals surface area contributed by atoms with Gasteiger partial charge in [-0.2, -0.15) is 0 Å². The predicted molar refractivity (Wildman–Crippen MR) is 92.7 cm³/mol. The molecule has 2 rings (SSSR count). The van der Waals surface area contributed by atoms with E-state index in [2.05, 4.69) is 17.2 Å². The van der Waals surface area contributed by atoms with E-state index >= 15 is 0 Å². The van der Waals surface area contributed by atoms with Gasteiger partial charge in [0.05, 0.1) is 6.54 Å². The Kier molecular flexibility index (Phi) is 5.82. The zero-order valence-electron chi connectivity index (χ0n) is 13.8. The van der Waals surface area contributed by atoms with Crippen LogP contribution < -0.4 is 10.1 Å². The molecule has 1 N–H and O–H groups in total. The molecule has 0 heterocycles. The van der Waals surface area contributed by atoms with Gasteiger partial charge in [0.15, 0.2) is 0 Å². The van der Waals surface area contributed by atoms with Crippen LogP contribution in [0.1, 0.15) is 27.0 Å². The molecule has 0 aromatic heterocycles. The summed E-state index contributed by atoms with van der Waals surface area (Å²) < 4.78 is 5.57. The van der Waals surface area contributed by atoms with Crippen molar-refractivity contribution >= 4 is 5.91 Å². The Hall–Kier alpha value is -2.73. The number of hydrogen-bond donors (Lipinski definition) is 1. The van der Waals surface area contributed by atoms with Gasteiger partial charge < -0.3 is 10.1 Å². The fraction of sp³-hybridized carbons (Fsp3) is 0.250. The molecule has 1 amide bonds. The molecule has 0 radical (unpaired) electrons. The number of carbonyl (C=O) groups excluding carboxylic acids is 1. The van der Waals surface area contributed by atoms with Gasteiger partial charge in [-0.15, -0.1) is 0 Å². The molecule has 0 aliphatic rings. The van der Waals surface area contributed by atoms with Gasteiger partial charge >= 0.3 is 0 Å². The van der Waals surface area contributed by atoms with Crippen molar-refractivity contribution in [1.82, 2.24) is 5.32 Å². The first kappa shape index (κ1) is 16.6. The fourth-order valence-electron chi connectivity index (χ4n) is 2.05. The highest BCUT2D eigenvalue weighted by molar-refractivity contribution is 5.94. The molecule has 0 saturated carbocycles. The second-order valence-corrected chi connectivity index (χ2v) is 5.39. The second-order valence-electron chi connectivity index (χ2n) is 5.39. The van der Waals surface area contributed by atoms with E-state index in [0.717, 1.165) is 16.9 Å². The summed E-state index contributed by atoms with van der Waals surface area (Å²) in [7, 11) is 0. The summed E-state index contributed by atoms with van der Waals surface area (Å²) in [5.41, 5.74) is 4.02. The molecule has 0 atom stereocenters. The maximum absolute atomic E-state index is 12.0. The molecule has 0 aliphatic carbocycles. The number of rotatable bonds is 4. The van der Waals surface area contributed by atoms with Crippen LogP contribution in [0.3, 0.4) is 0 Å². The molecule has 0 spiro atoms. The Morgan fingerprint density at radius 1 is 1.00 bits per heavy atom. The van der Waals surface area contributed by atoms with Crippen LogP contribution in [-0.4, -0.2) is 19.1 Å². The SMILES string of the molecule is Cc1ccc(C(=O)NCC#CCOc2ccccc2C)cc1C. The van der Waals surface area contributed by atoms with Crippen molar-refractivity contribution in [2.75, 3.05) is 13.2 Å². The highest BCUT2D eigenvalue weighted by atomic mass is 16.5. The van der Waals surface area contributed by atoms with Gasteiger partial charge in [0.1, 0.15) is 12.4 Å². The third-order valence-electron chi connectivity index (χ3n) is 3.62. The maximum atomic E-state index is 12.0. The minimum atomic E-state index is -0.109. The standard InChI is InChI=1S/C20H21NO2/c1-15-10-11-18(14-17(15)3)20(22)21-12-6-7-13-23-19-9-5-4-8-16(19)2/h4-5,8-11,14H,12-13H2,1-3H3,(H,21,22). The van der Waals surface area contributed by atoms with Crippen molar-refractivity contribution in [3.05, 3.63) is 64.7 Å². The lowest BCUT2D eigenvalue weighted by Gasteiger charge is -2.05. The molecule has 3 heteroatoms. The monoisotopic (exact) mass is 307 g/mol. The fourth-order valence-corrected chi connectivity index (χ4v) is 2.05. The number of carbonyl (C=O) groups is 1. The third kappa shape index (κ3) is 4.89. The zero-order chi connectivity index (χ0) is 16.7. The summed E-state index contributed by atoms with van der Waals surface area (Å²) in [6.07, 6.45) is 0. The lowest BCUT2D eigenvalue weighted by Crippen LogP contribution is -2.23. The topological polar surface area (TPSA) is 38.3 Å². The molecule has 2 aromatic carbocycles. The van der Waals surface area contributed by atoms with Crippen LogP contribution in [0.5, 0.6) is 5.75 Å². The van der Waals surface area contributed by atoms with Gasteiger partial charge in [0.2, 0.25) is 0 Å². The first-order chi connectivity index (χ1) is 11.1. The van der Waals surface area contributed by atoms with Crippen molar-refractivity contribution in [1.29, 1.82) is 0 Å². The lowest BCUT2D eigenvalue weighted by molar-refractivity contribution is 0.0958. The van der Waals surface area contributed by atoms with Crippen LogP contribution in [0.4, 0.5) is 0 Å². The van der Waals surface area contributed by atoms with Crippen molar-refractivity contribution in [3.8, 4) is 17.6 Å². The highest BCUT2D eigenvalue weighted by Crippen LogP contribution is 2.15. The first-order valence-corrected chi connectivity index (χ1v) is 7.57. The normalized spacial score (nSPS) is 9.70. The van der Waals surface area contributed by atoms with Crippen molar-refractivity contribution in [2.45, 2.75) is 20.8 Å². The number of nitrogens with one attached hydrogen (secondary N) is 1. The van der Waals surface area contributed by atoms with Crippen LogP contribution in [0.25, 0.3) is 0 Å². The van der Waals surface area contributed by atoms with E-state index in [9.17, 15) is 4.79 Å². The van der Waals surface area contributed by atoms with E-state index < -0.39 is 0 Å². The highest BCUT2D eigenvalue weighted by Gasteiger charge is 2.04. The predicted octanol–water partition coefficient (Wildman–Crippen LogP) is 3.42. The van der Waals surface area contributed by atoms with Crippen molar-refractivity contribution in [2.24, 2.45) is 0 Å². The smallest absolute Gasteiger partial charge is 0.252 e. The quantitative estimate of drug-likeness (QED) is 0.879. The largest absolute Gasteiger partial charge is 0.481 e. The molecule has 23 heavy (non-hydrogen) atoms. The van der Waals surface area contributed by atoms with Crippen LogP contribution in [-0.2, 0) is 0 Å². The number of benzene rings is 2. The molecule has 0 aliphatic heterocycles. The van der Waals surface area contributed by atoms with E-state index in [4.69, 9.17) is 4.74 Å². The molecular weight excluding hydrogens is 286 g/mol. The number of aryl methyl sites for hydroxylation is 3. The van der Waals surface area contributed by atoms with Gasteiger partial charge in [-0.25, -0.2) is 0 Å². The van der Waals surface area contributed by atoms with Gasteiger partial charge in [-0.1, -0.05) is 36.1 Å². The van der Waals surface area contributed by atoms with Gasteiger partial charge in [-0.3, -0.25) is 4.79 Å². The number of hydrogen-bond acceptors (Lipinski definition) is 2. The zero-order valence-corrected chi connectivity index (χ0v) is 13.8. The number of para-hydroxylation sites is 1. The van der Waals surface area contributed by atoms with Gasteiger partial charge in [0.25, 0.3) is 5.91 Å². The van der Waals surface area contributed by atoms with Gasteiger partial charge in [0, 0.05) is 5.56 Å². The third-order valence-corrected chi connectivity index (χ3v) is 3.62. The maximum Gasteiger partial charge on any atom is 0.252 e. The van der Waals surface area contributed by atoms with Crippen molar-refractivity contribution in [3.63, 3.8) is 0 Å². The van der Waals surface area contributed by atoms with Crippen LogP contribution in [0, 0.1) is 32.6 Å². The summed E-state index contributed by atoms with van der Waals surface area (Å²) in [5.74, 6) is 6.52. The molecule has 118 valence electrons. The Morgan fingerprint density at radius 2 is 1.78 bits per heavy atom. The first-order valence-electron chi connectivity index (χ1n) is 7.57. The Bertz CT molecular complexity index is 754. The van der Waals surface area contributed by atoms with Gasteiger partial charge in [-0.05, 0) is 55.7 Å². The van der Waals surface area contributed by atoms with Crippen LogP contribution >= 0.6 is 0 Å². The minimum Gasteiger partial charge on any atom is -0.481 e. The average molecular weight is 307 g/mol. The molecule has 0 fully saturated rings. The summed E-state index contributed by atoms with van der Waals surface area (Å²) in [6, 6.07) is 13.5. The van der Waals surface area contributed by atoms with E-state index in [0.29, 0.717) is 18.7 Å². The number of amides is 1. The lowest BCUT2D eigenvalue weighted by atomic mass is 10.1. The molecule has 2 aromatic rings.